The van der Waals surface area contributed by atoms with Crippen LogP contribution in [0.25, 0.3) is 0 Å². The van der Waals surface area contributed by atoms with Crippen LogP contribution >= 0.6 is 0 Å². The number of rotatable bonds is 4. The Morgan fingerprint density at radius 1 is 0.950 bits per heavy atom. The van der Waals surface area contributed by atoms with Crippen molar-refractivity contribution in [3.05, 3.63) is 59.2 Å². The van der Waals surface area contributed by atoms with Crippen molar-refractivity contribution in [2.24, 2.45) is 0 Å². The van der Waals surface area contributed by atoms with Crippen LogP contribution in [-0.2, 0) is 5.60 Å². The molecular weight excluding hydrogens is 252 g/mol. The number of aryl methyl sites for hydroxylation is 1. The van der Waals surface area contributed by atoms with Gasteiger partial charge >= 0.3 is 0 Å². The fourth-order valence-electron chi connectivity index (χ4n) is 2.27. The average Bonchev–Trinajstić information content (AvgIpc) is 2.47. The second-order valence-corrected chi connectivity index (χ2v) is 5.00. The van der Waals surface area contributed by atoms with Crippen LogP contribution in [0.2, 0.25) is 0 Å². The van der Waals surface area contributed by atoms with Crippen LogP contribution in [0.3, 0.4) is 0 Å². The van der Waals surface area contributed by atoms with Crippen LogP contribution < -0.4 is 9.47 Å². The minimum absolute atomic E-state index is 0.677. The molecule has 0 radical (unpaired) electrons. The van der Waals surface area contributed by atoms with Crippen LogP contribution in [0.15, 0.2) is 42.5 Å². The lowest BCUT2D eigenvalue weighted by Gasteiger charge is -2.27. The first kappa shape index (κ1) is 14.4. The zero-order valence-electron chi connectivity index (χ0n) is 12.3. The van der Waals surface area contributed by atoms with Crippen molar-refractivity contribution in [1.82, 2.24) is 0 Å². The van der Waals surface area contributed by atoms with Crippen molar-refractivity contribution in [2.45, 2.75) is 19.4 Å². The maximum absolute atomic E-state index is 10.9. The first-order chi connectivity index (χ1) is 9.48. The lowest BCUT2D eigenvalue weighted by atomic mass is 9.87. The second kappa shape index (κ2) is 5.55. The summed E-state index contributed by atoms with van der Waals surface area (Å²) in [4.78, 5) is 0. The summed E-state index contributed by atoms with van der Waals surface area (Å²) in [6.07, 6.45) is 0. The van der Waals surface area contributed by atoms with Gasteiger partial charge in [-0.2, -0.15) is 0 Å². The lowest BCUT2D eigenvalue weighted by molar-refractivity contribution is 0.0988. The molecule has 1 N–H and O–H groups in total. The summed E-state index contributed by atoms with van der Waals surface area (Å²) in [6.45, 7) is 3.76. The molecule has 0 saturated carbocycles. The normalized spacial score (nSPS) is 13.7. The highest BCUT2D eigenvalue weighted by molar-refractivity contribution is 5.46. The van der Waals surface area contributed by atoms with E-state index in [4.69, 9.17) is 9.47 Å². The predicted octanol–water partition coefficient (Wildman–Crippen LogP) is 3.27. The fraction of sp³-hybridized carbons (Fsp3) is 0.294. The Morgan fingerprint density at radius 2 is 1.60 bits per heavy atom. The zero-order chi connectivity index (χ0) is 14.8. The van der Waals surface area contributed by atoms with E-state index in [2.05, 4.69) is 0 Å². The van der Waals surface area contributed by atoms with Gasteiger partial charge in [0.05, 0.1) is 14.2 Å². The predicted molar refractivity (Wildman–Crippen MR) is 79.4 cm³/mol. The van der Waals surface area contributed by atoms with E-state index in [1.807, 2.05) is 49.4 Å². The van der Waals surface area contributed by atoms with Crippen molar-refractivity contribution in [1.29, 1.82) is 0 Å². The molecule has 0 amide bonds. The minimum atomic E-state index is -1.12. The zero-order valence-corrected chi connectivity index (χ0v) is 12.3. The molecule has 0 heterocycles. The maximum Gasteiger partial charge on any atom is 0.125 e. The van der Waals surface area contributed by atoms with Gasteiger partial charge in [-0.05, 0) is 43.7 Å². The van der Waals surface area contributed by atoms with Gasteiger partial charge in [-0.15, -0.1) is 0 Å². The number of ether oxygens (including phenoxy) is 2. The van der Waals surface area contributed by atoms with E-state index in [0.29, 0.717) is 5.75 Å². The Hall–Kier alpha value is -2.00. The highest BCUT2D eigenvalue weighted by atomic mass is 16.5. The van der Waals surface area contributed by atoms with Gasteiger partial charge in [-0.3, -0.25) is 0 Å². The van der Waals surface area contributed by atoms with Crippen molar-refractivity contribution in [3.8, 4) is 11.5 Å². The lowest BCUT2D eigenvalue weighted by Crippen LogP contribution is -2.23. The van der Waals surface area contributed by atoms with E-state index in [1.54, 1.807) is 21.1 Å². The number of hydrogen-bond acceptors (Lipinski definition) is 3. The third-order valence-electron chi connectivity index (χ3n) is 3.53. The molecule has 3 nitrogen and oxygen atoms in total. The number of aliphatic hydroxyl groups is 1. The molecule has 20 heavy (non-hydrogen) atoms. The quantitative estimate of drug-likeness (QED) is 0.928. The van der Waals surface area contributed by atoms with E-state index in [1.165, 1.54) is 0 Å². The molecule has 1 unspecified atom stereocenters. The largest absolute Gasteiger partial charge is 0.497 e. The van der Waals surface area contributed by atoms with Crippen LogP contribution in [0.1, 0.15) is 23.6 Å². The minimum Gasteiger partial charge on any atom is -0.497 e. The van der Waals surface area contributed by atoms with Gasteiger partial charge in [0.1, 0.15) is 17.1 Å². The molecule has 0 aromatic heterocycles. The summed E-state index contributed by atoms with van der Waals surface area (Å²) >= 11 is 0. The van der Waals surface area contributed by atoms with Gasteiger partial charge < -0.3 is 14.6 Å². The van der Waals surface area contributed by atoms with Crippen LogP contribution in [0.4, 0.5) is 0 Å². The van der Waals surface area contributed by atoms with Gasteiger partial charge in [0.25, 0.3) is 0 Å². The standard InChI is InChI=1S/C17H20O3/c1-12-5-10-16(20-4)15(11-12)17(2,18)13-6-8-14(19-3)9-7-13/h5-11,18H,1-4H3. The first-order valence-electron chi connectivity index (χ1n) is 6.51. The third kappa shape index (κ3) is 2.63. The number of hydrogen-bond donors (Lipinski definition) is 1. The van der Waals surface area contributed by atoms with Crippen molar-refractivity contribution in [3.63, 3.8) is 0 Å². The molecule has 3 heteroatoms. The molecular formula is C17H20O3. The number of methoxy groups -OCH3 is 2. The Labute approximate surface area is 119 Å². The van der Waals surface area contributed by atoms with E-state index >= 15 is 0 Å². The van der Waals surface area contributed by atoms with E-state index in [-0.39, 0.29) is 0 Å². The first-order valence-corrected chi connectivity index (χ1v) is 6.51. The Balaban J connectivity index is 2.50. The van der Waals surface area contributed by atoms with Crippen LogP contribution in [0.5, 0.6) is 11.5 Å². The smallest absolute Gasteiger partial charge is 0.125 e. The summed E-state index contributed by atoms with van der Waals surface area (Å²) in [6, 6.07) is 13.2. The molecule has 2 aromatic carbocycles. The van der Waals surface area contributed by atoms with Gasteiger partial charge in [0.15, 0.2) is 0 Å². The summed E-state index contributed by atoms with van der Waals surface area (Å²) in [5, 5.41) is 10.9. The summed E-state index contributed by atoms with van der Waals surface area (Å²) < 4.78 is 10.5. The van der Waals surface area contributed by atoms with Crippen molar-refractivity contribution in [2.75, 3.05) is 14.2 Å². The van der Waals surface area contributed by atoms with Crippen LogP contribution in [-0.4, -0.2) is 19.3 Å². The summed E-state index contributed by atoms with van der Waals surface area (Å²) in [5.41, 5.74) is 1.51. The van der Waals surface area contributed by atoms with Gasteiger partial charge in [0.2, 0.25) is 0 Å². The van der Waals surface area contributed by atoms with Gasteiger partial charge in [-0.25, -0.2) is 0 Å². The SMILES string of the molecule is COc1ccc(C(C)(O)c2cc(C)ccc2OC)cc1. The molecule has 0 saturated heterocycles. The molecule has 2 aromatic rings. The summed E-state index contributed by atoms with van der Waals surface area (Å²) in [5.74, 6) is 1.44. The molecule has 0 aliphatic heterocycles. The van der Waals surface area contributed by atoms with Crippen molar-refractivity contribution >= 4 is 0 Å². The van der Waals surface area contributed by atoms with E-state index < -0.39 is 5.60 Å². The molecule has 0 aliphatic rings. The topological polar surface area (TPSA) is 38.7 Å². The van der Waals surface area contributed by atoms with Crippen molar-refractivity contribution < 1.29 is 14.6 Å². The Morgan fingerprint density at radius 3 is 2.15 bits per heavy atom. The highest BCUT2D eigenvalue weighted by Gasteiger charge is 2.29. The van der Waals surface area contributed by atoms with E-state index in [0.717, 1.165) is 22.4 Å². The Kier molecular flexibility index (Phi) is 4.00. The third-order valence-corrected chi connectivity index (χ3v) is 3.53. The molecule has 0 spiro atoms. The van der Waals surface area contributed by atoms with E-state index in [9.17, 15) is 5.11 Å². The molecule has 2 rings (SSSR count). The second-order valence-electron chi connectivity index (χ2n) is 5.00. The fourth-order valence-corrected chi connectivity index (χ4v) is 2.27. The average molecular weight is 272 g/mol. The molecule has 0 bridgehead atoms. The van der Waals surface area contributed by atoms with Gasteiger partial charge in [0, 0.05) is 5.56 Å². The highest BCUT2D eigenvalue weighted by Crippen LogP contribution is 2.36. The number of benzene rings is 2. The van der Waals surface area contributed by atoms with Crippen LogP contribution in [0, 0.1) is 6.92 Å². The molecule has 106 valence electrons. The maximum atomic E-state index is 10.9. The monoisotopic (exact) mass is 272 g/mol. The Bertz CT molecular complexity index is 586. The van der Waals surface area contributed by atoms with Gasteiger partial charge in [-0.1, -0.05) is 23.8 Å². The molecule has 0 aliphatic carbocycles. The molecule has 0 fully saturated rings. The summed E-state index contributed by atoms with van der Waals surface area (Å²) in [7, 11) is 3.23. The molecule has 1 atom stereocenters.